The fourth-order valence-electron chi connectivity index (χ4n) is 2.51. The van der Waals surface area contributed by atoms with Crippen molar-refractivity contribution in [3.05, 3.63) is 12.3 Å². The quantitative estimate of drug-likeness (QED) is 0.890. The van der Waals surface area contributed by atoms with Crippen molar-refractivity contribution in [2.75, 3.05) is 6.54 Å². The molecule has 1 aliphatic rings. The number of sulfonamides is 1. The Morgan fingerprint density at radius 1 is 1.44 bits per heavy atom. The molecule has 0 atom stereocenters. The van der Waals surface area contributed by atoms with Gasteiger partial charge in [0.05, 0.1) is 6.20 Å². The summed E-state index contributed by atoms with van der Waals surface area (Å²) in [5.74, 6) is 0.322. The van der Waals surface area contributed by atoms with Crippen LogP contribution < -0.4 is 0 Å². The summed E-state index contributed by atoms with van der Waals surface area (Å²) in [6.07, 6.45) is 5.67. The van der Waals surface area contributed by atoms with E-state index in [1.165, 1.54) is 12.3 Å². The Bertz CT molecular complexity index is 462. The highest BCUT2D eigenvalue weighted by Gasteiger charge is 2.34. The zero-order valence-corrected chi connectivity index (χ0v) is 11.8. The van der Waals surface area contributed by atoms with Crippen molar-refractivity contribution >= 4 is 10.0 Å². The van der Waals surface area contributed by atoms with Crippen molar-refractivity contribution in [1.82, 2.24) is 14.5 Å². The van der Waals surface area contributed by atoms with E-state index in [9.17, 15) is 8.42 Å². The van der Waals surface area contributed by atoms with Gasteiger partial charge in [-0.25, -0.2) is 8.42 Å². The maximum absolute atomic E-state index is 12.6. The molecule has 5 nitrogen and oxygen atoms in total. The Kier molecular flexibility index (Phi) is 4.07. The van der Waals surface area contributed by atoms with Gasteiger partial charge in [0.1, 0.15) is 0 Å². The fourth-order valence-corrected chi connectivity index (χ4v) is 4.26. The molecule has 0 saturated heterocycles. The second-order valence-corrected chi connectivity index (χ2v) is 7.19. The lowest BCUT2D eigenvalue weighted by molar-refractivity contribution is 0.291. The van der Waals surface area contributed by atoms with Crippen molar-refractivity contribution in [2.24, 2.45) is 5.92 Å². The van der Waals surface area contributed by atoms with Crippen LogP contribution in [-0.4, -0.2) is 35.5 Å². The first-order valence-electron chi connectivity index (χ1n) is 6.53. The van der Waals surface area contributed by atoms with Gasteiger partial charge in [0.15, 0.2) is 5.03 Å². The van der Waals surface area contributed by atoms with Crippen LogP contribution in [0.5, 0.6) is 0 Å². The first-order valence-corrected chi connectivity index (χ1v) is 7.97. The van der Waals surface area contributed by atoms with Gasteiger partial charge < -0.3 is 0 Å². The molecule has 0 spiro atoms. The van der Waals surface area contributed by atoms with Crippen molar-refractivity contribution in [3.8, 4) is 0 Å². The fraction of sp³-hybridized carbons (Fsp3) is 0.750. The van der Waals surface area contributed by atoms with Gasteiger partial charge in [-0.15, -0.1) is 0 Å². The van der Waals surface area contributed by atoms with E-state index in [-0.39, 0.29) is 11.1 Å². The van der Waals surface area contributed by atoms with Gasteiger partial charge >= 0.3 is 0 Å². The molecule has 0 unspecified atom stereocenters. The van der Waals surface area contributed by atoms with Crippen molar-refractivity contribution in [1.29, 1.82) is 0 Å². The Labute approximate surface area is 109 Å². The van der Waals surface area contributed by atoms with Crippen LogP contribution >= 0.6 is 0 Å². The highest BCUT2D eigenvalue weighted by atomic mass is 32.2. The van der Waals surface area contributed by atoms with Crippen LogP contribution in [0.4, 0.5) is 0 Å². The summed E-state index contributed by atoms with van der Waals surface area (Å²) < 4.78 is 26.8. The molecule has 0 aromatic carbocycles. The Balaban J connectivity index is 2.27. The number of hydrogen-bond donors (Lipinski definition) is 1. The molecule has 102 valence electrons. The monoisotopic (exact) mass is 271 g/mol. The lowest BCUT2D eigenvalue weighted by Gasteiger charge is -2.28. The minimum Gasteiger partial charge on any atom is -0.266 e. The molecule has 1 aromatic heterocycles. The van der Waals surface area contributed by atoms with Crippen LogP contribution in [0.3, 0.4) is 0 Å². The van der Waals surface area contributed by atoms with Crippen LogP contribution in [0.15, 0.2) is 17.3 Å². The summed E-state index contributed by atoms with van der Waals surface area (Å²) in [6.45, 7) is 4.67. The molecule has 1 fully saturated rings. The smallest absolute Gasteiger partial charge is 0.260 e. The van der Waals surface area contributed by atoms with Gasteiger partial charge in [-0.3, -0.25) is 5.10 Å². The van der Waals surface area contributed by atoms with Gasteiger partial charge in [-0.1, -0.05) is 26.7 Å². The molecule has 0 bridgehead atoms. The van der Waals surface area contributed by atoms with Crippen molar-refractivity contribution in [2.45, 2.75) is 50.6 Å². The summed E-state index contributed by atoms with van der Waals surface area (Å²) in [4.78, 5) is 0. The SMILES string of the molecule is CC(C)CN(C1CCCC1)S(=O)(=O)c1ccn[nH]1. The molecule has 2 rings (SSSR count). The highest BCUT2D eigenvalue weighted by molar-refractivity contribution is 7.89. The number of aromatic amines is 1. The zero-order valence-electron chi connectivity index (χ0n) is 11.0. The number of nitrogens with one attached hydrogen (secondary N) is 1. The van der Waals surface area contributed by atoms with Crippen molar-refractivity contribution < 1.29 is 8.42 Å². The normalized spacial score (nSPS) is 18.0. The number of aromatic nitrogens is 2. The van der Waals surface area contributed by atoms with E-state index >= 15 is 0 Å². The number of hydrogen-bond acceptors (Lipinski definition) is 3. The summed E-state index contributed by atoms with van der Waals surface area (Å²) in [6, 6.07) is 1.68. The average Bonchev–Trinajstić information content (AvgIpc) is 2.98. The zero-order chi connectivity index (χ0) is 13.2. The van der Waals surface area contributed by atoms with Crippen molar-refractivity contribution in [3.63, 3.8) is 0 Å². The third kappa shape index (κ3) is 2.75. The second-order valence-electron chi connectivity index (χ2n) is 5.33. The van der Waals surface area contributed by atoms with Crippen LogP contribution in [0.1, 0.15) is 39.5 Å². The van der Waals surface area contributed by atoms with E-state index in [0.29, 0.717) is 12.5 Å². The van der Waals surface area contributed by atoms with E-state index in [1.54, 1.807) is 4.31 Å². The highest BCUT2D eigenvalue weighted by Crippen LogP contribution is 2.28. The van der Waals surface area contributed by atoms with Gasteiger partial charge in [0.25, 0.3) is 10.0 Å². The summed E-state index contributed by atoms with van der Waals surface area (Å²) in [5, 5.41) is 6.52. The molecule has 0 aliphatic heterocycles. The number of rotatable bonds is 5. The Morgan fingerprint density at radius 3 is 2.61 bits per heavy atom. The van der Waals surface area contributed by atoms with Crippen LogP contribution in [0, 0.1) is 5.92 Å². The maximum Gasteiger partial charge on any atom is 0.260 e. The molecular formula is C12H21N3O2S. The second kappa shape index (κ2) is 5.40. The topological polar surface area (TPSA) is 66.1 Å². The molecule has 1 N–H and O–H groups in total. The summed E-state index contributed by atoms with van der Waals surface area (Å²) >= 11 is 0. The molecule has 18 heavy (non-hydrogen) atoms. The third-order valence-electron chi connectivity index (χ3n) is 3.34. The number of H-pyrrole nitrogens is 1. The molecular weight excluding hydrogens is 250 g/mol. The van der Waals surface area contributed by atoms with Crippen LogP contribution in [0.2, 0.25) is 0 Å². The average molecular weight is 271 g/mol. The molecule has 1 aromatic rings. The standard InChI is InChI=1S/C12H21N3O2S/c1-10(2)9-15(11-5-3-4-6-11)18(16,17)12-7-8-13-14-12/h7-8,10-11H,3-6,9H2,1-2H3,(H,13,14). The maximum atomic E-state index is 12.6. The minimum absolute atomic E-state index is 0.153. The van der Waals surface area contributed by atoms with Gasteiger partial charge in [0, 0.05) is 12.6 Å². The van der Waals surface area contributed by atoms with E-state index in [4.69, 9.17) is 0 Å². The number of nitrogens with zero attached hydrogens (tertiary/aromatic N) is 2. The summed E-state index contributed by atoms with van der Waals surface area (Å²) in [7, 11) is -3.42. The van der Waals surface area contributed by atoms with Gasteiger partial charge in [0.2, 0.25) is 0 Å². The van der Waals surface area contributed by atoms with Crippen LogP contribution in [-0.2, 0) is 10.0 Å². The van der Waals surface area contributed by atoms with Gasteiger partial charge in [-0.2, -0.15) is 9.40 Å². The predicted molar refractivity (Wildman–Crippen MR) is 69.6 cm³/mol. The largest absolute Gasteiger partial charge is 0.266 e. The lowest BCUT2D eigenvalue weighted by atomic mass is 10.2. The van der Waals surface area contributed by atoms with E-state index in [2.05, 4.69) is 10.2 Å². The third-order valence-corrected chi connectivity index (χ3v) is 5.19. The minimum atomic E-state index is -3.42. The molecule has 0 amide bonds. The first-order chi connectivity index (χ1) is 8.51. The van der Waals surface area contributed by atoms with Crippen LogP contribution in [0.25, 0.3) is 0 Å². The lowest BCUT2D eigenvalue weighted by Crippen LogP contribution is -2.41. The Morgan fingerprint density at radius 2 is 2.11 bits per heavy atom. The van der Waals surface area contributed by atoms with E-state index in [0.717, 1.165) is 25.7 Å². The Hall–Kier alpha value is -0.880. The molecule has 1 aliphatic carbocycles. The summed E-state index contributed by atoms with van der Waals surface area (Å²) in [5.41, 5.74) is 0. The molecule has 6 heteroatoms. The molecule has 1 heterocycles. The molecule has 1 saturated carbocycles. The van der Waals surface area contributed by atoms with E-state index in [1.807, 2.05) is 13.8 Å². The van der Waals surface area contributed by atoms with E-state index < -0.39 is 10.0 Å². The first kappa shape index (κ1) is 13.5. The predicted octanol–water partition coefficient (Wildman–Crippen LogP) is 2.00. The molecule has 0 radical (unpaired) electrons. The van der Waals surface area contributed by atoms with Gasteiger partial charge in [-0.05, 0) is 24.8 Å².